The van der Waals surface area contributed by atoms with Gasteiger partial charge in [-0.15, -0.1) is 0 Å². The molecule has 2 rings (SSSR count). The summed E-state index contributed by atoms with van der Waals surface area (Å²) in [5, 5.41) is 3.99. The maximum Gasteiger partial charge on any atom is 0.248 e. The lowest BCUT2D eigenvalue weighted by Gasteiger charge is -2.40. The second-order valence-electron chi connectivity index (χ2n) is 8.16. The highest BCUT2D eigenvalue weighted by atomic mass is 35.5. The SMILES string of the molecule is CCCCCCCCCCNCC1(c2ccc(Cl)nc2)CCC(F)(F)CC1. The number of pyridine rings is 1. The summed E-state index contributed by atoms with van der Waals surface area (Å²) in [5.41, 5.74) is 0.783. The molecule has 0 saturated heterocycles. The van der Waals surface area contributed by atoms with Gasteiger partial charge < -0.3 is 5.32 Å². The topological polar surface area (TPSA) is 24.9 Å². The molecule has 0 radical (unpaired) electrons. The normalized spacial score (nSPS) is 18.5. The van der Waals surface area contributed by atoms with E-state index >= 15 is 0 Å². The van der Waals surface area contributed by atoms with E-state index in [2.05, 4.69) is 17.2 Å². The van der Waals surface area contributed by atoms with Crippen LogP contribution in [0.4, 0.5) is 8.78 Å². The molecular formula is C22H35ClF2N2. The van der Waals surface area contributed by atoms with Crippen molar-refractivity contribution in [2.24, 2.45) is 0 Å². The molecular weight excluding hydrogens is 366 g/mol. The molecule has 0 spiro atoms. The van der Waals surface area contributed by atoms with E-state index in [1.165, 1.54) is 44.9 Å². The zero-order valence-corrected chi connectivity index (χ0v) is 17.5. The molecule has 27 heavy (non-hydrogen) atoms. The lowest BCUT2D eigenvalue weighted by molar-refractivity contribution is -0.0519. The van der Waals surface area contributed by atoms with Crippen LogP contribution in [0.1, 0.15) is 89.5 Å². The van der Waals surface area contributed by atoms with Crippen molar-refractivity contribution in [2.75, 3.05) is 13.1 Å². The molecule has 0 unspecified atom stereocenters. The number of halogens is 3. The van der Waals surface area contributed by atoms with Crippen molar-refractivity contribution in [1.29, 1.82) is 0 Å². The van der Waals surface area contributed by atoms with Gasteiger partial charge in [-0.25, -0.2) is 13.8 Å². The molecule has 1 N–H and O–H groups in total. The van der Waals surface area contributed by atoms with Gasteiger partial charge in [-0.3, -0.25) is 0 Å². The molecule has 0 aromatic carbocycles. The fourth-order valence-electron chi connectivity index (χ4n) is 4.06. The van der Waals surface area contributed by atoms with Crippen LogP contribution in [0, 0.1) is 0 Å². The molecule has 1 saturated carbocycles. The molecule has 0 atom stereocenters. The van der Waals surface area contributed by atoms with Gasteiger partial charge in [0.1, 0.15) is 5.15 Å². The Morgan fingerprint density at radius 2 is 1.59 bits per heavy atom. The van der Waals surface area contributed by atoms with Gasteiger partial charge in [0, 0.05) is 31.0 Å². The molecule has 1 aliphatic rings. The highest BCUT2D eigenvalue weighted by Gasteiger charge is 2.44. The Labute approximate surface area is 168 Å². The number of hydrogen-bond acceptors (Lipinski definition) is 2. The van der Waals surface area contributed by atoms with Gasteiger partial charge in [0.15, 0.2) is 0 Å². The van der Waals surface area contributed by atoms with Crippen molar-refractivity contribution < 1.29 is 8.78 Å². The lowest BCUT2D eigenvalue weighted by Crippen LogP contribution is -2.44. The van der Waals surface area contributed by atoms with E-state index < -0.39 is 5.92 Å². The molecule has 154 valence electrons. The molecule has 1 aromatic heterocycles. The molecule has 2 nitrogen and oxygen atoms in total. The maximum absolute atomic E-state index is 13.7. The predicted molar refractivity (Wildman–Crippen MR) is 110 cm³/mol. The second-order valence-corrected chi connectivity index (χ2v) is 8.54. The van der Waals surface area contributed by atoms with Crippen LogP contribution in [0.2, 0.25) is 5.15 Å². The van der Waals surface area contributed by atoms with Gasteiger partial charge in [0.2, 0.25) is 5.92 Å². The number of unbranched alkanes of at least 4 members (excludes halogenated alkanes) is 7. The second kappa shape index (κ2) is 11.3. The van der Waals surface area contributed by atoms with Gasteiger partial charge in [-0.1, -0.05) is 69.5 Å². The van der Waals surface area contributed by atoms with Crippen LogP contribution in [-0.4, -0.2) is 24.0 Å². The van der Waals surface area contributed by atoms with Crippen molar-refractivity contribution in [1.82, 2.24) is 10.3 Å². The molecule has 5 heteroatoms. The highest BCUT2D eigenvalue weighted by Crippen LogP contribution is 2.45. The molecule has 0 aliphatic heterocycles. The van der Waals surface area contributed by atoms with Crippen LogP contribution in [0.25, 0.3) is 0 Å². The first-order valence-electron chi connectivity index (χ1n) is 10.7. The first-order chi connectivity index (χ1) is 13.0. The van der Waals surface area contributed by atoms with E-state index in [0.29, 0.717) is 18.0 Å². The molecule has 0 bridgehead atoms. The average Bonchev–Trinajstić information content (AvgIpc) is 2.65. The van der Waals surface area contributed by atoms with Crippen LogP contribution in [0.3, 0.4) is 0 Å². The summed E-state index contributed by atoms with van der Waals surface area (Å²) in [5.74, 6) is -2.53. The fourth-order valence-corrected chi connectivity index (χ4v) is 4.17. The zero-order valence-electron chi connectivity index (χ0n) is 16.7. The average molecular weight is 401 g/mol. The van der Waals surface area contributed by atoms with E-state index in [1.807, 2.05) is 6.07 Å². The van der Waals surface area contributed by atoms with Gasteiger partial charge in [-0.05, 0) is 37.4 Å². The van der Waals surface area contributed by atoms with Crippen molar-refractivity contribution in [3.05, 3.63) is 29.0 Å². The summed E-state index contributed by atoms with van der Waals surface area (Å²) in [6.45, 7) is 3.93. The predicted octanol–water partition coefficient (Wildman–Crippen LogP) is 6.91. The van der Waals surface area contributed by atoms with E-state index in [4.69, 9.17) is 11.6 Å². The molecule has 1 heterocycles. The minimum Gasteiger partial charge on any atom is -0.316 e. The van der Waals surface area contributed by atoms with Crippen molar-refractivity contribution in [2.45, 2.75) is 95.3 Å². The Bertz CT molecular complexity index is 524. The van der Waals surface area contributed by atoms with E-state index in [9.17, 15) is 8.78 Å². The van der Waals surface area contributed by atoms with Crippen LogP contribution in [0.15, 0.2) is 18.3 Å². The first kappa shape index (κ1) is 22.5. The van der Waals surface area contributed by atoms with E-state index in [-0.39, 0.29) is 18.3 Å². The lowest BCUT2D eigenvalue weighted by atomic mass is 9.68. The minimum absolute atomic E-state index is 0.0466. The van der Waals surface area contributed by atoms with E-state index in [0.717, 1.165) is 25.1 Å². The van der Waals surface area contributed by atoms with Crippen LogP contribution in [-0.2, 0) is 5.41 Å². The number of rotatable bonds is 12. The van der Waals surface area contributed by atoms with Crippen LogP contribution >= 0.6 is 11.6 Å². The summed E-state index contributed by atoms with van der Waals surface area (Å²) in [7, 11) is 0. The zero-order chi connectivity index (χ0) is 19.6. The molecule has 0 amide bonds. The number of nitrogens with one attached hydrogen (secondary N) is 1. The Balaban J connectivity index is 1.76. The molecule has 1 aliphatic carbocycles. The Hall–Kier alpha value is -0.740. The van der Waals surface area contributed by atoms with Gasteiger partial charge >= 0.3 is 0 Å². The number of alkyl halides is 2. The quantitative estimate of drug-likeness (QED) is 0.304. The Kier molecular flexibility index (Phi) is 9.44. The summed E-state index contributed by atoms with van der Waals surface area (Å²) >= 11 is 5.91. The Morgan fingerprint density at radius 3 is 2.19 bits per heavy atom. The first-order valence-corrected chi connectivity index (χ1v) is 11.1. The summed E-state index contributed by atoms with van der Waals surface area (Å²) in [6, 6.07) is 3.72. The van der Waals surface area contributed by atoms with Crippen LogP contribution in [0.5, 0.6) is 0 Å². The largest absolute Gasteiger partial charge is 0.316 e. The summed E-state index contributed by atoms with van der Waals surface area (Å²) < 4.78 is 27.4. The fraction of sp³-hybridized carbons (Fsp3) is 0.773. The monoisotopic (exact) mass is 400 g/mol. The number of nitrogens with zero attached hydrogens (tertiary/aromatic N) is 1. The van der Waals surface area contributed by atoms with Gasteiger partial charge in [-0.2, -0.15) is 0 Å². The highest BCUT2D eigenvalue weighted by molar-refractivity contribution is 6.29. The van der Waals surface area contributed by atoms with Crippen molar-refractivity contribution >= 4 is 11.6 Å². The Morgan fingerprint density at radius 1 is 0.963 bits per heavy atom. The molecule has 1 fully saturated rings. The summed E-state index contributed by atoms with van der Waals surface area (Å²) in [6.07, 6.45) is 13.0. The number of aromatic nitrogens is 1. The molecule has 1 aromatic rings. The van der Waals surface area contributed by atoms with Crippen LogP contribution < -0.4 is 5.32 Å². The van der Waals surface area contributed by atoms with E-state index in [1.54, 1.807) is 12.3 Å². The number of hydrogen-bond donors (Lipinski definition) is 1. The standard InChI is InChI=1S/C22H35ClF2N2/c1-2-3-4-5-6-7-8-9-16-26-18-21(12-14-22(24,25)15-13-21)19-10-11-20(23)27-17-19/h10-11,17,26H,2-9,12-16,18H2,1H3. The minimum atomic E-state index is -2.53. The van der Waals surface area contributed by atoms with Gasteiger partial charge in [0.05, 0.1) is 0 Å². The smallest absolute Gasteiger partial charge is 0.248 e. The van der Waals surface area contributed by atoms with Gasteiger partial charge in [0.25, 0.3) is 0 Å². The van der Waals surface area contributed by atoms with Crippen molar-refractivity contribution in [3.63, 3.8) is 0 Å². The van der Waals surface area contributed by atoms with Crippen molar-refractivity contribution in [3.8, 4) is 0 Å². The summed E-state index contributed by atoms with van der Waals surface area (Å²) in [4.78, 5) is 4.19. The maximum atomic E-state index is 13.7. The third-order valence-electron chi connectivity index (χ3n) is 5.95. The third kappa shape index (κ3) is 7.65. The third-order valence-corrected chi connectivity index (χ3v) is 6.17.